The number of nitrogens with one attached hydrogen (secondary N) is 1. The molecular weight excluding hydrogens is 457 g/mol. The summed E-state index contributed by atoms with van der Waals surface area (Å²) in [5, 5.41) is 4.70. The van der Waals surface area contributed by atoms with Crippen LogP contribution < -0.4 is 11.1 Å². The van der Waals surface area contributed by atoms with Crippen LogP contribution in [-0.2, 0) is 4.79 Å². The lowest BCUT2D eigenvalue weighted by Crippen LogP contribution is -2.27. The predicted octanol–water partition coefficient (Wildman–Crippen LogP) is 4.87. The SMILES string of the molecule is CC(=O)c1sc2nc(NCCCN3CCCC3=O)nc(-c3ccc(Cl)c(Cl)c3)c2c1N. The highest BCUT2D eigenvalue weighted by Gasteiger charge is 2.21. The van der Waals surface area contributed by atoms with Crippen molar-refractivity contribution in [2.45, 2.75) is 26.2 Å². The third-order valence-corrected chi connectivity index (χ3v) is 7.10. The Kier molecular flexibility index (Phi) is 6.31. The van der Waals surface area contributed by atoms with E-state index in [1.54, 1.807) is 12.1 Å². The van der Waals surface area contributed by atoms with Crippen LogP contribution in [0.2, 0.25) is 10.0 Å². The Bertz CT molecular complexity index is 1180. The Labute approximate surface area is 193 Å². The minimum absolute atomic E-state index is 0.120. The molecular formula is C21H21Cl2N5O2S. The molecule has 3 N–H and O–H groups in total. The molecule has 2 aromatic heterocycles. The minimum atomic E-state index is -0.120. The summed E-state index contributed by atoms with van der Waals surface area (Å²) in [6.07, 6.45) is 2.34. The number of likely N-dealkylation sites (tertiary alicyclic amines) is 1. The van der Waals surface area contributed by atoms with Gasteiger partial charge in [-0.3, -0.25) is 9.59 Å². The van der Waals surface area contributed by atoms with E-state index in [4.69, 9.17) is 28.9 Å². The van der Waals surface area contributed by atoms with E-state index in [9.17, 15) is 9.59 Å². The first kappa shape index (κ1) is 21.8. The lowest BCUT2D eigenvalue weighted by molar-refractivity contribution is -0.127. The number of Topliss-reactive ketones (excluding diaryl/α,β-unsaturated/α-hetero) is 1. The maximum Gasteiger partial charge on any atom is 0.224 e. The van der Waals surface area contributed by atoms with Crippen LogP contribution in [0.1, 0.15) is 35.9 Å². The molecule has 1 aromatic carbocycles. The Morgan fingerprint density at radius 1 is 1.29 bits per heavy atom. The molecule has 3 heterocycles. The molecule has 31 heavy (non-hydrogen) atoms. The summed E-state index contributed by atoms with van der Waals surface area (Å²) >= 11 is 13.5. The summed E-state index contributed by atoms with van der Waals surface area (Å²) in [6, 6.07) is 5.23. The quantitative estimate of drug-likeness (QED) is 0.371. The Balaban J connectivity index is 1.65. The van der Waals surface area contributed by atoms with Gasteiger partial charge in [0.2, 0.25) is 11.9 Å². The second kappa shape index (κ2) is 8.98. The number of anilines is 2. The molecule has 0 aliphatic carbocycles. The monoisotopic (exact) mass is 477 g/mol. The van der Waals surface area contributed by atoms with Crippen molar-refractivity contribution in [3.63, 3.8) is 0 Å². The highest BCUT2D eigenvalue weighted by atomic mass is 35.5. The maximum absolute atomic E-state index is 12.0. The summed E-state index contributed by atoms with van der Waals surface area (Å²) in [6.45, 7) is 3.61. The van der Waals surface area contributed by atoms with Gasteiger partial charge in [-0.25, -0.2) is 9.97 Å². The number of thiophene rings is 1. The van der Waals surface area contributed by atoms with Gasteiger partial charge in [-0.05, 0) is 25.0 Å². The summed E-state index contributed by atoms with van der Waals surface area (Å²) in [4.78, 5) is 36.0. The van der Waals surface area contributed by atoms with Crippen LogP contribution in [-0.4, -0.2) is 46.2 Å². The van der Waals surface area contributed by atoms with E-state index in [0.717, 1.165) is 24.9 Å². The van der Waals surface area contributed by atoms with E-state index in [1.807, 2.05) is 11.0 Å². The molecule has 1 amide bonds. The van der Waals surface area contributed by atoms with Gasteiger partial charge in [-0.2, -0.15) is 0 Å². The second-order valence-corrected chi connectivity index (χ2v) is 9.18. The van der Waals surface area contributed by atoms with Crippen LogP contribution in [0.5, 0.6) is 0 Å². The summed E-state index contributed by atoms with van der Waals surface area (Å²) < 4.78 is 0. The zero-order valence-corrected chi connectivity index (χ0v) is 19.2. The van der Waals surface area contributed by atoms with Gasteiger partial charge in [-0.15, -0.1) is 11.3 Å². The average Bonchev–Trinajstić information content (AvgIpc) is 3.30. The number of hydrogen-bond acceptors (Lipinski definition) is 7. The van der Waals surface area contributed by atoms with Crippen LogP contribution in [0.3, 0.4) is 0 Å². The van der Waals surface area contributed by atoms with E-state index >= 15 is 0 Å². The standard InChI is InChI=1S/C21H21Cl2N5O2S/c1-11(29)19-17(24)16-18(12-5-6-13(22)14(23)10-12)26-21(27-20(16)31-19)25-7-3-9-28-8-2-4-15(28)30/h5-6,10H,2-4,7-9,24H2,1H3,(H,25,26,27). The minimum Gasteiger partial charge on any atom is -0.397 e. The number of nitrogen functional groups attached to an aromatic ring is 1. The van der Waals surface area contributed by atoms with Crippen LogP contribution in [0.15, 0.2) is 18.2 Å². The van der Waals surface area contributed by atoms with E-state index in [-0.39, 0.29) is 11.7 Å². The largest absolute Gasteiger partial charge is 0.397 e. The number of amides is 1. The van der Waals surface area contributed by atoms with Crippen molar-refractivity contribution in [3.05, 3.63) is 33.1 Å². The molecule has 4 rings (SSSR count). The number of nitrogens with zero attached hydrogens (tertiary/aromatic N) is 3. The molecule has 162 valence electrons. The fourth-order valence-corrected chi connectivity index (χ4v) is 4.91. The summed E-state index contributed by atoms with van der Waals surface area (Å²) in [5.41, 5.74) is 7.98. The third kappa shape index (κ3) is 4.46. The van der Waals surface area contributed by atoms with Crippen LogP contribution in [0, 0.1) is 0 Å². The van der Waals surface area contributed by atoms with Crippen LogP contribution in [0.4, 0.5) is 11.6 Å². The molecule has 1 saturated heterocycles. The zero-order valence-electron chi connectivity index (χ0n) is 16.9. The van der Waals surface area contributed by atoms with Gasteiger partial charge in [0.15, 0.2) is 5.78 Å². The Hall–Kier alpha value is -2.42. The first-order valence-corrected chi connectivity index (χ1v) is 11.5. The molecule has 0 radical (unpaired) electrons. The van der Waals surface area contributed by atoms with Crippen molar-refractivity contribution >= 4 is 68.1 Å². The number of hydrogen-bond donors (Lipinski definition) is 2. The van der Waals surface area contributed by atoms with Crippen molar-refractivity contribution in [1.82, 2.24) is 14.9 Å². The molecule has 0 spiro atoms. The number of aromatic nitrogens is 2. The molecule has 7 nitrogen and oxygen atoms in total. The van der Waals surface area contributed by atoms with Crippen LogP contribution in [0.25, 0.3) is 21.5 Å². The third-order valence-electron chi connectivity index (χ3n) is 5.16. The number of rotatable bonds is 7. The number of carbonyl (C=O) groups excluding carboxylic acids is 2. The topological polar surface area (TPSA) is 101 Å². The normalized spacial score (nSPS) is 13.9. The lowest BCUT2D eigenvalue weighted by atomic mass is 10.1. The first-order valence-electron chi connectivity index (χ1n) is 9.93. The van der Waals surface area contributed by atoms with Gasteiger partial charge >= 0.3 is 0 Å². The van der Waals surface area contributed by atoms with Gasteiger partial charge in [0.05, 0.1) is 31.7 Å². The fraction of sp³-hybridized carbons (Fsp3) is 0.333. The molecule has 10 heteroatoms. The molecule has 0 unspecified atom stereocenters. The number of halogens is 2. The van der Waals surface area contributed by atoms with Crippen molar-refractivity contribution in [2.24, 2.45) is 0 Å². The van der Waals surface area contributed by atoms with E-state index in [1.165, 1.54) is 18.3 Å². The van der Waals surface area contributed by atoms with E-state index in [0.29, 0.717) is 62.0 Å². The highest BCUT2D eigenvalue weighted by Crippen LogP contribution is 2.40. The summed E-state index contributed by atoms with van der Waals surface area (Å²) in [5.74, 6) is 0.522. The van der Waals surface area contributed by atoms with Gasteiger partial charge in [-0.1, -0.05) is 29.3 Å². The van der Waals surface area contributed by atoms with Gasteiger partial charge < -0.3 is 16.0 Å². The number of carbonyl (C=O) groups is 2. The average molecular weight is 478 g/mol. The van der Waals surface area contributed by atoms with Gasteiger partial charge in [0.1, 0.15) is 4.83 Å². The van der Waals surface area contributed by atoms with Crippen molar-refractivity contribution in [1.29, 1.82) is 0 Å². The number of ketones is 1. The summed E-state index contributed by atoms with van der Waals surface area (Å²) in [7, 11) is 0. The van der Waals surface area contributed by atoms with E-state index < -0.39 is 0 Å². The second-order valence-electron chi connectivity index (χ2n) is 7.37. The van der Waals surface area contributed by atoms with Crippen LogP contribution >= 0.6 is 34.5 Å². The molecule has 1 aliphatic rings. The molecule has 0 saturated carbocycles. The van der Waals surface area contributed by atoms with Crippen molar-refractivity contribution < 1.29 is 9.59 Å². The Morgan fingerprint density at radius 3 is 2.77 bits per heavy atom. The molecule has 0 atom stereocenters. The highest BCUT2D eigenvalue weighted by molar-refractivity contribution is 7.21. The van der Waals surface area contributed by atoms with Crippen molar-refractivity contribution in [3.8, 4) is 11.3 Å². The van der Waals surface area contributed by atoms with Crippen molar-refractivity contribution in [2.75, 3.05) is 30.7 Å². The maximum atomic E-state index is 12.0. The predicted molar refractivity (Wildman–Crippen MR) is 126 cm³/mol. The number of benzene rings is 1. The molecule has 1 fully saturated rings. The molecule has 1 aliphatic heterocycles. The Morgan fingerprint density at radius 2 is 2.10 bits per heavy atom. The zero-order chi connectivity index (χ0) is 22.1. The first-order chi connectivity index (χ1) is 14.8. The van der Waals surface area contributed by atoms with Gasteiger partial charge in [0.25, 0.3) is 0 Å². The number of fused-ring (bicyclic) bond motifs is 1. The number of nitrogens with two attached hydrogens (primary N) is 1. The molecule has 0 bridgehead atoms. The smallest absolute Gasteiger partial charge is 0.224 e. The molecule has 3 aromatic rings. The van der Waals surface area contributed by atoms with E-state index in [2.05, 4.69) is 15.3 Å². The van der Waals surface area contributed by atoms with Gasteiger partial charge in [0, 0.05) is 38.5 Å². The fourth-order valence-electron chi connectivity index (χ4n) is 3.63. The lowest BCUT2D eigenvalue weighted by Gasteiger charge is -2.15.